The van der Waals surface area contributed by atoms with Gasteiger partial charge in [-0.15, -0.1) is 9.32 Å². The van der Waals surface area contributed by atoms with Gasteiger partial charge in [0, 0.05) is 44.2 Å². The van der Waals surface area contributed by atoms with Crippen LogP contribution in [0.1, 0.15) is 58.6 Å². The van der Waals surface area contributed by atoms with E-state index in [1.54, 1.807) is 39.8 Å². The van der Waals surface area contributed by atoms with Crippen molar-refractivity contribution in [1.29, 1.82) is 5.26 Å². The zero-order valence-electron chi connectivity index (χ0n) is 25.0. The van der Waals surface area contributed by atoms with Gasteiger partial charge in [-0.25, -0.2) is 4.79 Å². The van der Waals surface area contributed by atoms with Crippen LogP contribution in [0.25, 0.3) is 0 Å². The Kier molecular flexibility index (Phi) is 8.74. The zero-order valence-corrected chi connectivity index (χ0v) is 25.8. The Morgan fingerprint density at radius 3 is 2.52 bits per heavy atom. The average Bonchev–Trinajstić information content (AvgIpc) is 3.23. The molecule has 4 fully saturated rings. The lowest BCUT2D eigenvalue weighted by molar-refractivity contribution is -0.340. The molecule has 1 N–H and O–H groups in total. The molecule has 2 bridgehead atoms. The van der Waals surface area contributed by atoms with Crippen molar-refractivity contribution in [3.8, 4) is 6.07 Å². The number of benzene rings is 1. The number of piperazine rings is 1. The molecule has 7 atom stereocenters. The van der Waals surface area contributed by atoms with E-state index in [4.69, 9.17) is 14.1 Å². The van der Waals surface area contributed by atoms with Gasteiger partial charge in [-0.05, 0) is 70.6 Å². The number of nitriles is 1. The van der Waals surface area contributed by atoms with Gasteiger partial charge in [-0.3, -0.25) is 14.5 Å². The van der Waals surface area contributed by atoms with Crippen LogP contribution in [0, 0.1) is 17.2 Å². The smallest absolute Gasteiger partial charge is 0.408 e. The summed E-state index contributed by atoms with van der Waals surface area (Å²) < 4.78 is 10.6. The third kappa shape index (κ3) is 6.53. The van der Waals surface area contributed by atoms with E-state index in [9.17, 15) is 19.6 Å². The summed E-state index contributed by atoms with van der Waals surface area (Å²) in [5, 5.41) is 13.9. The number of alkyl carbamates (subject to hydrolysis) is 1. The van der Waals surface area contributed by atoms with E-state index in [0.29, 0.717) is 25.3 Å². The van der Waals surface area contributed by atoms with Crippen LogP contribution in [-0.2, 0) is 23.6 Å². The van der Waals surface area contributed by atoms with Crippen LogP contribution >= 0.6 is 12.0 Å². The van der Waals surface area contributed by atoms with Crippen molar-refractivity contribution >= 4 is 30.0 Å². The first kappa shape index (κ1) is 30.6. The predicted octanol–water partition coefficient (Wildman–Crippen LogP) is 2.87. The Labute approximate surface area is 251 Å². The second-order valence-electron chi connectivity index (χ2n) is 12.8. The topological polar surface area (TPSA) is 128 Å². The zero-order chi connectivity index (χ0) is 30.3. The first-order valence-electron chi connectivity index (χ1n) is 14.4. The SMILES string of the molecule is C[C@@H](c1ccc(SOON(C)C)cc1)N1C(=O)[C@H]2C[C@@H]1CN2C[C@H](NC(=O)OC(C)(C)C)C(=O)N1[C@H](C#N)C[C@@H]2C[C@@H]21. The molecule has 5 rings (SSSR count). The summed E-state index contributed by atoms with van der Waals surface area (Å²) in [6.45, 7) is 8.08. The van der Waals surface area contributed by atoms with Gasteiger partial charge in [-0.2, -0.15) is 10.3 Å². The molecule has 0 spiro atoms. The van der Waals surface area contributed by atoms with Crippen LogP contribution in [0.5, 0.6) is 0 Å². The summed E-state index contributed by atoms with van der Waals surface area (Å²) in [5.74, 6) is 0.0873. The second kappa shape index (κ2) is 12.0. The molecule has 3 heterocycles. The molecular weight excluding hydrogens is 560 g/mol. The van der Waals surface area contributed by atoms with E-state index in [0.717, 1.165) is 28.9 Å². The van der Waals surface area contributed by atoms with Gasteiger partial charge < -0.3 is 19.9 Å². The number of rotatable bonds is 10. The van der Waals surface area contributed by atoms with Crippen LogP contribution in [0.4, 0.5) is 4.79 Å². The molecule has 4 aliphatic rings. The van der Waals surface area contributed by atoms with Crippen molar-refractivity contribution in [1.82, 2.24) is 25.1 Å². The number of likely N-dealkylation sites (tertiary alicyclic amines) is 3. The van der Waals surface area contributed by atoms with Gasteiger partial charge in [0.15, 0.2) is 0 Å². The van der Waals surface area contributed by atoms with Crippen molar-refractivity contribution in [2.45, 2.75) is 93.7 Å². The van der Waals surface area contributed by atoms with E-state index < -0.39 is 23.8 Å². The molecule has 42 heavy (non-hydrogen) atoms. The van der Waals surface area contributed by atoms with Crippen LogP contribution < -0.4 is 5.32 Å². The molecule has 0 unspecified atom stereocenters. The monoisotopic (exact) mass is 600 g/mol. The van der Waals surface area contributed by atoms with Crippen molar-refractivity contribution in [3.05, 3.63) is 29.8 Å². The van der Waals surface area contributed by atoms with Crippen molar-refractivity contribution in [3.63, 3.8) is 0 Å². The first-order valence-corrected chi connectivity index (χ1v) is 15.2. The van der Waals surface area contributed by atoms with Gasteiger partial charge in [0.1, 0.15) is 17.7 Å². The fraction of sp³-hybridized carbons (Fsp3) is 0.655. The summed E-state index contributed by atoms with van der Waals surface area (Å²) in [4.78, 5) is 51.6. The fourth-order valence-corrected chi connectivity index (χ4v) is 6.89. The van der Waals surface area contributed by atoms with Crippen LogP contribution in [-0.4, -0.2) is 101 Å². The Morgan fingerprint density at radius 2 is 1.90 bits per heavy atom. The normalized spacial score (nSPS) is 28.0. The van der Waals surface area contributed by atoms with E-state index in [-0.39, 0.29) is 42.5 Å². The van der Waals surface area contributed by atoms with Gasteiger partial charge in [-0.1, -0.05) is 12.1 Å². The van der Waals surface area contributed by atoms with Gasteiger partial charge >= 0.3 is 6.09 Å². The molecule has 1 aromatic carbocycles. The molecule has 3 amide bonds. The summed E-state index contributed by atoms with van der Waals surface area (Å²) >= 11 is 1.10. The molecule has 0 aromatic heterocycles. The number of hydrogen-bond acceptors (Lipinski definition) is 10. The number of nitrogens with one attached hydrogen (secondary N) is 1. The molecule has 1 aromatic rings. The number of carbonyl (C=O) groups is 3. The number of hydroxylamine groups is 2. The third-order valence-electron chi connectivity index (χ3n) is 8.32. The van der Waals surface area contributed by atoms with Crippen LogP contribution in [0.2, 0.25) is 0 Å². The minimum atomic E-state index is -0.920. The molecule has 1 saturated carbocycles. The highest BCUT2D eigenvalue weighted by Gasteiger charge is 2.56. The quantitative estimate of drug-likeness (QED) is 0.243. The molecule has 0 radical (unpaired) electrons. The van der Waals surface area contributed by atoms with E-state index in [1.165, 1.54) is 5.06 Å². The fourth-order valence-electron chi connectivity index (χ4n) is 6.42. The average molecular weight is 601 g/mol. The molecule has 228 valence electrons. The Balaban J connectivity index is 1.24. The predicted molar refractivity (Wildman–Crippen MR) is 153 cm³/mol. The highest BCUT2D eigenvalue weighted by atomic mass is 32.2. The minimum absolute atomic E-state index is 0.00730. The Hall–Kier alpha value is -2.89. The highest BCUT2D eigenvalue weighted by Crippen LogP contribution is 2.48. The van der Waals surface area contributed by atoms with E-state index in [1.807, 2.05) is 41.0 Å². The maximum absolute atomic E-state index is 13.8. The standard InChI is InChI=1S/C29H40N6O6S/c1-17(18-7-9-22(10-8-18)42-41-40-32(5)6)34-21-13-25(27(34)37)33(15-21)16-23(31-28(38)39-29(2,3)4)26(36)35-20(14-30)11-19-12-24(19)35/h7-10,17,19-21,23-25H,11-13,15-16H2,1-6H3,(H,31,38)/t17-,19+,20-,21+,23-,24-,25+/m0/s1. The lowest BCUT2D eigenvalue weighted by Crippen LogP contribution is -2.59. The maximum Gasteiger partial charge on any atom is 0.408 e. The third-order valence-corrected chi connectivity index (χ3v) is 8.91. The summed E-state index contributed by atoms with van der Waals surface area (Å²) in [7, 11) is 3.45. The number of ether oxygens (including phenoxy) is 1. The van der Waals surface area contributed by atoms with Crippen LogP contribution in [0.15, 0.2) is 29.2 Å². The Bertz CT molecular complexity index is 1230. The largest absolute Gasteiger partial charge is 0.444 e. The van der Waals surface area contributed by atoms with Crippen LogP contribution in [0.3, 0.4) is 0 Å². The molecule has 13 heteroatoms. The van der Waals surface area contributed by atoms with E-state index in [2.05, 4.69) is 11.4 Å². The number of carbonyl (C=O) groups excluding carboxylic acids is 3. The number of nitrogens with zero attached hydrogens (tertiary/aromatic N) is 5. The number of piperidine rings is 1. The molecule has 12 nitrogen and oxygen atoms in total. The summed E-state index contributed by atoms with van der Waals surface area (Å²) in [6, 6.07) is 8.20. The first-order chi connectivity index (χ1) is 19.9. The number of hydrogen-bond donors (Lipinski definition) is 1. The van der Waals surface area contributed by atoms with E-state index >= 15 is 0 Å². The lowest BCUT2D eigenvalue weighted by Gasteiger charge is -2.39. The summed E-state index contributed by atoms with van der Waals surface area (Å²) in [6.07, 6.45) is 1.53. The Morgan fingerprint density at radius 1 is 1.19 bits per heavy atom. The second-order valence-corrected chi connectivity index (χ2v) is 13.6. The lowest BCUT2D eigenvalue weighted by atomic mass is 10.1. The minimum Gasteiger partial charge on any atom is -0.444 e. The summed E-state index contributed by atoms with van der Waals surface area (Å²) in [5.41, 5.74) is 0.279. The molecule has 1 aliphatic carbocycles. The van der Waals surface area contributed by atoms with Crippen molar-refractivity contribution in [2.24, 2.45) is 5.92 Å². The van der Waals surface area contributed by atoms with Crippen molar-refractivity contribution in [2.75, 3.05) is 27.2 Å². The highest BCUT2D eigenvalue weighted by molar-refractivity contribution is 7.94. The van der Waals surface area contributed by atoms with Crippen molar-refractivity contribution < 1.29 is 28.4 Å². The molecular formula is C29H40N6O6S. The van der Waals surface area contributed by atoms with Gasteiger partial charge in [0.2, 0.25) is 11.8 Å². The number of fused-ring (bicyclic) bond motifs is 3. The number of amides is 3. The maximum atomic E-state index is 13.8. The molecule has 3 aliphatic heterocycles. The van der Waals surface area contributed by atoms with Gasteiger partial charge in [0.05, 0.1) is 30.2 Å². The molecule has 3 saturated heterocycles. The van der Waals surface area contributed by atoms with Gasteiger partial charge in [0.25, 0.3) is 0 Å².